The number of carbonyl (C=O) groups excluding carboxylic acids is 2. The quantitative estimate of drug-likeness (QED) is 0.0357. The van der Waals surface area contributed by atoms with Crippen molar-refractivity contribution in [3.05, 3.63) is 0 Å². The molecule has 0 aliphatic heterocycles. The van der Waals surface area contributed by atoms with Crippen LogP contribution in [0.25, 0.3) is 0 Å². The number of methoxy groups -OCH3 is 3. The van der Waals surface area contributed by atoms with Crippen molar-refractivity contribution in [2.45, 2.75) is 246 Å². The summed E-state index contributed by atoms with van der Waals surface area (Å²) >= 11 is 0. The molecule has 0 fully saturated rings. The van der Waals surface area contributed by atoms with E-state index in [1.807, 2.05) is 0 Å². The third-order valence-electron chi connectivity index (χ3n) is 12.7. The number of unbranched alkanes of at least 4 members (excludes halogenated alkanes) is 28. The molecule has 17 heteroatoms. The molecule has 0 radical (unpaired) electrons. The van der Waals surface area contributed by atoms with Crippen LogP contribution >= 0.6 is 0 Å². The minimum Gasteiger partial charge on any atom is -0.444 e. The molecule has 1 aromatic rings. The largest absolute Gasteiger partial charge is 0.444 e. The number of aliphatic hydroxyl groups excluding tert-OH is 2. The molecule has 0 spiro atoms. The molecule has 17 nitrogen and oxygen atoms in total. The molecule has 0 amide bonds. The van der Waals surface area contributed by atoms with E-state index >= 15 is 0 Å². The van der Waals surface area contributed by atoms with Gasteiger partial charge in [-0.25, -0.2) is 0 Å². The van der Waals surface area contributed by atoms with E-state index in [4.69, 9.17) is 43.4 Å². The molecule has 71 heavy (non-hydrogen) atoms. The zero-order valence-electron chi connectivity index (χ0n) is 46.2. The molecule has 1 aromatic heterocycles. The molecule has 0 saturated heterocycles. The lowest BCUT2D eigenvalue weighted by Gasteiger charge is -2.29. The number of ether oxygens (including phenoxy) is 6. The minimum atomic E-state index is -0.878. The first-order chi connectivity index (χ1) is 34.6. The van der Waals surface area contributed by atoms with Crippen LogP contribution in [0.2, 0.25) is 0 Å². The van der Waals surface area contributed by atoms with Crippen molar-refractivity contribution in [3.8, 4) is 0 Å². The summed E-state index contributed by atoms with van der Waals surface area (Å²) in [7, 11) is 4.58. The summed E-state index contributed by atoms with van der Waals surface area (Å²) in [5, 5.41) is 20.2. The fraction of sp³-hybridized carbons (Fsp3) is 0.907. The second-order valence-electron chi connectivity index (χ2n) is 19.3. The van der Waals surface area contributed by atoms with Gasteiger partial charge in [0.15, 0.2) is 13.5 Å². The number of anilines is 3. The van der Waals surface area contributed by atoms with Crippen LogP contribution in [0, 0.1) is 0 Å². The smallest absolute Gasteiger partial charge is 0.307 e. The highest BCUT2D eigenvalue weighted by atomic mass is 16.6. The average molecular weight is 1010 g/mol. The van der Waals surface area contributed by atoms with Crippen LogP contribution in [0.5, 0.6) is 0 Å². The Hall–Kier alpha value is -2.93. The number of carbonyl (C=O) groups is 2. The summed E-state index contributed by atoms with van der Waals surface area (Å²) in [5.41, 5.74) is 0. The highest BCUT2D eigenvalue weighted by Gasteiger charge is 2.23. The van der Waals surface area contributed by atoms with Gasteiger partial charge >= 0.3 is 11.9 Å². The van der Waals surface area contributed by atoms with Gasteiger partial charge in [-0.05, 0) is 26.7 Å². The average Bonchev–Trinajstić information content (AvgIpc) is 3.35. The summed E-state index contributed by atoms with van der Waals surface area (Å²) < 4.78 is 34.0. The Balaban J connectivity index is 2.88. The van der Waals surface area contributed by atoms with E-state index in [-0.39, 0.29) is 83.3 Å². The van der Waals surface area contributed by atoms with E-state index in [1.54, 1.807) is 28.5 Å². The monoisotopic (exact) mass is 1010 g/mol. The Kier molecular flexibility index (Phi) is 43.6. The van der Waals surface area contributed by atoms with Gasteiger partial charge in [0.25, 0.3) is 0 Å². The first-order valence-electron chi connectivity index (χ1n) is 28.1. The maximum Gasteiger partial charge on any atom is 0.307 e. The van der Waals surface area contributed by atoms with Gasteiger partial charge in [-0.3, -0.25) is 29.2 Å². The van der Waals surface area contributed by atoms with Crippen LogP contribution in [0.1, 0.15) is 233 Å². The Morgan fingerprint density at radius 1 is 0.423 bits per heavy atom. The van der Waals surface area contributed by atoms with Crippen molar-refractivity contribution in [2.24, 2.45) is 0 Å². The maximum absolute atomic E-state index is 13.0. The van der Waals surface area contributed by atoms with Gasteiger partial charge in [0.05, 0.1) is 6.61 Å². The van der Waals surface area contributed by atoms with Crippen LogP contribution in [0.4, 0.5) is 17.8 Å². The molecule has 2 atom stereocenters. The minimum absolute atomic E-state index is 0.0110. The summed E-state index contributed by atoms with van der Waals surface area (Å²) in [4.78, 5) is 46.5. The topological polar surface area (TPSA) is 182 Å². The third-order valence-corrected chi connectivity index (χ3v) is 12.7. The van der Waals surface area contributed by atoms with Gasteiger partial charge in [-0.2, -0.15) is 15.0 Å². The molecule has 0 aliphatic carbocycles. The lowest BCUT2D eigenvalue weighted by molar-refractivity contribution is -0.144. The zero-order valence-corrected chi connectivity index (χ0v) is 46.2. The number of rotatable bonds is 52. The van der Waals surface area contributed by atoms with E-state index in [9.17, 15) is 19.8 Å². The van der Waals surface area contributed by atoms with E-state index in [0.29, 0.717) is 12.8 Å². The Bertz CT molecular complexity index is 1300. The van der Waals surface area contributed by atoms with Crippen molar-refractivity contribution in [1.29, 1.82) is 0 Å². The highest BCUT2D eigenvalue weighted by Crippen LogP contribution is 2.22. The SMILES string of the molecule is CCCCCCCCCCCCCCCCCC(=O)OCN(COC)c1nc(N(COC)COCCN(C(C)O)C(C)O)nc(N(COC)COC(=O)CCCCCCCCCCCCCCCCC)n1. The molecule has 0 aliphatic rings. The summed E-state index contributed by atoms with van der Waals surface area (Å²) in [5.74, 6) is -0.227. The number of esters is 2. The number of hydrogen-bond donors (Lipinski definition) is 2. The Morgan fingerprint density at radius 3 is 0.958 bits per heavy atom. The third kappa shape index (κ3) is 35.8. The van der Waals surface area contributed by atoms with Crippen LogP contribution in [0.15, 0.2) is 0 Å². The summed E-state index contributed by atoms with van der Waals surface area (Å²) in [6, 6.07) is 0. The molecule has 0 bridgehead atoms. The summed E-state index contributed by atoms with van der Waals surface area (Å²) in [6.07, 6.45) is 36.3. The fourth-order valence-corrected chi connectivity index (χ4v) is 8.45. The molecule has 1 rings (SSSR count). The fourth-order valence-electron chi connectivity index (χ4n) is 8.45. The van der Waals surface area contributed by atoms with Gasteiger partial charge in [0.1, 0.15) is 39.4 Å². The van der Waals surface area contributed by atoms with Crippen molar-refractivity contribution in [2.75, 3.05) is 89.6 Å². The van der Waals surface area contributed by atoms with Crippen molar-refractivity contribution in [3.63, 3.8) is 0 Å². The van der Waals surface area contributed by atoms with Gasteiger partial charge in [-0.1, -0.05) is 194 Å². The zero-order chi connectivity index (χ0) is 52.0. The van der Waals surface area contributed by atoms with Crippen LogP contribution in [-0.2, 0) is 38.0 Å². The standard InChI is InChI=1S/C54H105N7O10/c1-8-10-12-14-16-18-20-22-24-26-28-30-32-34-36-38-50(64)70-46-59(43-67-6)53-55-52(58(42-66-5)45-69-41-40-61(48(3)62)49(4)63)56-54(57-53)60(44-68-7)47-71-51(65)39-37-35-33-31-29-27-25-23-21-19-17-15-13-11-9-2/h48-49,62-63H,8-47H2,1-7H3. The molecule has 416 valence electrons. The summed E-state index contributed by atoms with van der Waals surface area (Å²) in [6.45, 7) is 7.71. The van der Waals surface area contributed by atoms with Crippen LogP contribution in [0.3, 0.4) is 0 Å². The number of aliphatic hydroxyl groups is 2. The second-order valence-corrected chi connectivity index (χ2v) is 19.3. The van der Waals surface area contributed by atoms with E-state index in [1.165, 1.54) is 180 Å². The van der Waals surface area contributed by atoms with Crippen molar-refractivity contribution < 1.29 is 48.2 Å². The molecule has 1 heterocycles. The van der Waals surface area contributed by atoms with Gasteiger partial charge < -0.3 is 38.6 Å². The first kappa shape index (κ1) is 66.1. The van der Waals surface area contributed by atoms with Crippen LogP contribution in [-0.4, -0.2) is 129 Å². The van der Waals surface area contributed by atoms with E-state index in [2.05, 4.69) is 13.8 Å². The van der Waals surface area contributed by atoms with Crippen molar-refractivity contribution >= 4 is 29.8 Å². The molecule has 2 unspecified atom stereocenters. The predicted octanol–water partition coefficient (Wildman–Crippen LogP) is 11.6. The normalized spacial score (nSPS) is 12.4. The molecular weight excluding hydrogens is 907 g/mol. The van der Waals surface area contributed by atoms with Gasteiger partial charge in [0, 0.05) is 40.7 Å². The predicted molar refractivity (Wildman–Crippen MR) is 285 cm³/mol. The van der Waals surface area contributed by atoms with Crippen LogP contribution < -0.4 is 14.7 Å². The first-order valence-corrected chi connectivity index (χ1v) is 28.1. The van der Waals surface area contributed by atoms with Crippen molar-refractivity contribution in [1.82, 2.24) is 19.9 Å². The Labute approximate surface area is 431 Å². The molecule has 0 aromatic carbocycles. The Morgan fingerprint density at radius 2 is 0.690 bits per heavy atom. The molecule has 2 N–H and O–H groups in total. The van der Waals surface area contributed by atoms with E-state index in [0.717, 1.165) is 38.5 Å². The lowest BCUT2D eigenvalue weighted by atomic mass is 10.0. The number of aromatic nitrogens is 3. The highest BCUT2D eigenvalue weighted by molar-refractivity contribution is 5.70. The lowest BCUT2D eigenvalue weighted by Crippen LogP contribution is -2.42. The van der Waals surface area contributed by atoms with Gasteiger partial charge in [-0.15, -0.1) is 0 Å². The second kappa shape index (κ2) is 46.8. The maximum atomic E-state index is 13.0. The number of nitrogens with zero attached hydrogens (tertiary/aromatic N) is 7. The number of hydrogen-bond acceptors (Lipinski definition) is 17. The van der Waals surface area contributed by atoms with Gasteiger partial charge in [0.2, 0.25) is 17.8 Å². The molecular formula is C54H105N7O10. The molecule has 0 saturated carbocycles. The van der Waals surface area contributed by atoms with E-state index < -0.39 is 12.5 Å².